The van der Waals surface area contributed by atoms with Crippen molar-refractivity contribution in [2.75, 3.05) is 49.2 Å². The number of aliphatic hydroxyl groups excluding tert-OH is 1. The van der Waals surface area contributed by atoms with Crippen LogP contribution in [0.25, 0.3) is 0 Å². The average Bonchev–Trinajstić information content (AvgIpc) is 3.03. The fourth-order valence-corrected chi connectivity index (χ4v) is 4.14. The van der Waals surface area contributed by atoms with Gasteiger partial charge in [-0.3, -0.25) is 4.79 Å². The molecule has 0 radical (unpaired) electrons. The first kappa shape index (κ1) is 33.0. The van der Waals surface area contributed by atoms with Gasteiger partial charge in [0.1, 0.15) is 0 Å². The number of aliphatic carboxylic acids is 2. The second-order valence-corrected chi connectivity index (χ2v) is 8.99. The van der Waals surface area contributed by atoms with Gasteiger partial charge in [0.15, 0.2) is 0 Å². The van der Waals surface area contributed by atoms with Crippen LogP contribution in [0.1, 0.15) is 30.1 Å². The van der Waals surface area contributed by atoms with Gasteiger partial charge in [0.05, 0.1) is 35.8 Å². The average molecular weight is 588 g/mol. The van der Waals surface area contributed by atoms with E-state index in [4.69, 9.17) is 26.6 Å². The van der Waals surface area contributed by atoms with Crippen molar-refractivity contribution >= 4 is 52.5 Å². The number of nitrogens with one attached hydrogen (secondary N) is 1. The van der Waals surface area contributed by atoms with Crippen LogP contribution in [0.2, 0.25) is 5.02 Å². The second-order valence-electron chi connectivity index (χ2n) is 8.56. The highest BCUT2D eigenvalue weighted by molar-refractivity contribution is 6.31. The maximum atomic E-state index is 13.3. The topological polar surface area (TPSA) is 157 Å². The molecule has 1 aliphatic heterocycles. The summed E-state index contributed by atoms with van der Waals surface area (Å²) in [6, 6.07) is 13.0. The summed E-state index contributed by atoms with van der Waals surface area (Å²) in [6.07, 6.45) is 6.09. The number of nitrogens with zero attached hydrogens (tertiary/aromatic N) is 2. The lowest BCUT2D eigenvalue weighted by atomic mass is 10.1. The SMILES string of the molecule is CCOC(=O)/C=C/CNCCCCN1c2ccccc2C(=O)N(CCO)c2ccc(Cl)cc21.O=C(O)/C=C\C(=O)O. The number of para-hydroxylation sites is 1. The van der Waals surface area contributed by atoms with Crippen molar-refractivity contribution in [3.63, 3.8) is 0 Å². The number of β-amino-alcohol motifs (C(OH)–C–C–N with tert-alkyl or cyclic N) is 1. The van der Waals surface area contributed by atoms with Crippen molar-refractivity contribution < 1.29 is 39.2 Å². The molecule has 0 unspecified atom stereocenters. The molecule has 41 heavy (non-hydrogen) atoms. The van der Waals surface area contributed by atoms with Crippen LogP contribution in [-0.2, 0) is 19.1 Å². The van der Waals surface area contributed by atoms with Gasteiger partial charge >= 0.3 is 17.9 Å². The van der Waals surface area contributed by atoms with Gasteiger partial charge in [-0.25, -0.2) is 14.4 Å². The van der Waals surface area contributed by atoms with Crippen molar-refractivity contribution in [3.05, 3.63) is 77.4 Å². The third-order valence-corrected chi connectivity index (χ3v) is 5.90. The zero-order valence-electron chi connectivity index (χ0n) is 22.7. The molecule has 1 amide bonds. The number of carbonyl (C=O) groups excluding carboxylic acids is 2. The number of ether oxygens (including phenoxy) is 1. The number of unbranched alkanes of at least 4 members (excludes halogenated alkanes) is 1. The normalized spacial score (nSPS) is 12.4. The Bertz CT molecular complexity index is 1250. The zero-order chi connectivity index (χ0) is 30.2. The van der Waals surface area contributed by atoms with Crippen LogP contribution in [0.5, 0.6) is 0 Å². The van der Waals surface area contributed by atoms with Crippen molar-refractivity contribution in [3.8, 4) is 0 Å². The van der Waals surface area contributed by atoms with E-state index in [0.29, 0.717) is 42.4 Å². The lowest BCUT2D eigenvalue weighted by molar-refractivity contribution is -0.137. The number of esters is 1. The molecule has 4 N–H and O–H groups in total. The van der Waals surface area contributed by atoms with Crippen molar-refractivity contribution in [1.82, 2.24) is 5.32 Å². The number of hydrogen-bond donors (Lipinski definition) is 4. The minimum Gasteiger partial charge on any atom is -0.478 e. The van der Waals surface area contributed by atoms with Gasteiger partial charge in [0.2, 0.25) is 0 Å². The van der Waals surface area contributed by atoms with E-state index < -0.39 is 11.9 Å². The number of anilines is 3. The molecule has 0 bridgehead atoms. The van der Waals surface area contributed by atoms with Gasteiger partial charge in [-0.05, 0) is 56.6 Å². The Labute approximate surface area is 243 Å². The van der Waals surface area contributed by atoms with Crippen LogP contribution in [0.4, 0.5) is 17.1 Å². The quantitative estimate of drug-likeness (QED) is 0.155. The maximum Gasteiger partial charge on any atom is 0.330 e. The Morgan fingerprint density at radius 1 is 0.927 bits per heavy atom. The van der Waals surface area contributed by atoms with Crippen LogP contribution in [0.15, 0.2) is 66.8 Å². The molecule has 12 heteroatoms. The van der Waals surface area contributed by atoms with E-state index in [1.54, 1.807) is 24.0 Å². The molecule has 3 rings (SSSR count). The Hall–Kier alpha value is -4.19. The fraction of sp³-hybridized carbons (Fsp3) is 0.310. The highest BCUT2D eigenvalue weighted by atomic mass is 35.5. The maximum absolute atomic E-state index is 13.3. The molecule has 220 valence electrons. The van der Waals surface area contributed by atoms with Crippen LogP contribution in [0.3, 0.4) is 0 Å². The van der Waals surface area contributed by atoms with E-state index >= 15 is 0 Å². The van der Waals surface area contributed by atoms with Crippen LogP contribution >= 0.6 is 11.6 Å². The Morgan fingerprint density at radius 3 is 2.29 bits per heavy atom. The largest absolute Gasteiger partial charge is 0.478 e. The third-order valence-electron chi connectivity index (χ3n) is 5.67. The summed E-state index contributed by atoms with van der Waals surface area (Å²) in [5.74, 6) is -2.98. The molecule has 2 aromatic carbocycles. The van der Waals surface area contributed by atoms with E-state index in [0.717, 1.165) is 36.4 Å². The molecular formula is C29H34ClN3O8. The number of carbonyl (C=O) groups is 4. The number of hydrogen-bond acceptors (Lipinski definition) is 8. The smallest absolute Gasteiger partial charge is 0.330 e. The summed E-state index contributed by atoms with van der Waals surface area (Å²) in [4.78, 5) is 47.4. The molecule has 0 spiro atoms. The van der Waals surface area contributed by atoms with Crippen molar-refractivity contribution in [1.29, 1.82) is 0 Å². The molecule has 0 atom stereocenters. The van der Waals surface area contributed by atoms with Crippen molar-refractivity contribution in [2.45, 2.75) is 19.8 Å². The lowest BCUT2D eigenvalue weighted by Crippen LogP contribution is -2.33. The second kappa shape index (κ2) is 17.5. The van der Waals surface area contributed by atoms with Crippen LogP contribution in [0, 0.1) is 0 Å². The molecule has 1 heterocycles. The first-order valence-corrected chi connectivity index (χ1v) is 13.3. The molecule has 0 aromatic heterocycles. The van der Waals surface area contributed by atoms with E-state index in [2.05, 4.69) is 10.2 Å². The molecule has 0 aliphatic carbocycles. The predicted octanol–water partition coefficient (Wildman–Crippen LogP) is 3.63. The monoisotopic (exact) mass is 587 g/mol. The summed E-state index contributed by atoms with van der Waals surface area (Å²) < 4.78 is 4.85. The molecule has 0 fully saturated rings. The number of fused-ring (bicyclic) bond motifs is 2. The number of halogens is 1. The molecule has 1 aliphatic rings. The van der Waals surface area contributed by atoms with E-state index in [1.165, 1.54) is 6.08 Å². The molecule has 0 saturated carbocycles. The molecule has 2 aromatic rings. The van der Waals surface area contributed by atoms with Gasteiger partial charge in [0, 0.05) is 42.9 Å². The number of benzene rings is 2. The Balaban J connectivity index is 0.000000642. The van der Waals surface area contributed by atoms with Gasteiger partial charge in [0.25, 0.3) is 5.91 Å². The standard InChI is InChI=1S/C25H30ClN3O4.C4H4O4/c1-2-33-24(31)10-7-14-27-13-5-6-15-28-21-9-4-3-8-20(21)25(32)29(16-17-30)22-12-11-19(26)18-23(22)28;5-3(6)1-2-4(7)8/h3-4,7-12,18,27,30H,2,5-6,13-17H2,1H3;1-2H,(H,5,6)(H,7,8)/b10-7+;2-1-. The highest BCUT2D eigenvalue weighted by Gasteiger charge is 2.30. The molecule has 0 saturated heterocycles. The van der Waals surface area contributed by atoms with E-state index in [1.807, 2.05) is 36.4 Å². The van der Waals surface area contributed by atoms with E-state index in [-0.39, 0.29) is 25.0 Å². The summed E-state index contributed by atoms with van der Waals surface area (Å²) in [5, 5.41) is 29.1. The van der Waals surface area contributed by atoms with Gasteiger partial charge in [-0.1, -0.05) is 29.8 Å². The number of aliphatic hydroxyl groups is 1. The first-order chi connectivity index (χ1) is 19.7. The first-order valence-electron chi connectivity index (χ1n) is 13.0. The summed E-state index contributed by atoms with van der Waals surface area (Å²) in [5.41, 5.74) is 3.01. The van der Waals surface area contributed by atoms with E-state index in [9.17, 15) is 24.3 Å². The van der Waals surface area contributed by atoms with Gasteiger partial charge < -0.3 is 35.2 Å². The number of carboxylic acids is 2. The Kier molecular flexibility index (Phi) is 14.1. The summed E-state index contributed by atoms with van der Waals surface area (Å²) in [7, 11) is 0. The minimum absolute atomic E-state index is 0.133. The molecule has 11 nitrogen and oxygen atoms in total. The summed E-state index contributed by atoms with van der Waals surface area (Å²) in [6.45, 7) is 4.30. The predicted molar refractivity (Wildman–Crippen MR) is 156 cm³/mol. The van der Waals surface area contributed by atoms with Gasteiger partial charge in [-0.2, -0.15) is 0 Å². The third kappa shape index (κ3) is 10.7. The minimum atomic E-state index is -1.26. The fourth-order valence-electron chi connectivity index (χ4n) is 3.97. The summed E-state index contributed by atoms with van der Waals surface area (Å²) >= 11 is 6.33. The van der Waals surface area contributed by atoms with Crippen LogP contribution < -0.4 is 15.1 Å². The van der Waals surface area contributed by atoms with Crippen molar-refractivity contribution in [2.24, 2.45) is 0 Å². The number of carboxylic acid groups (broad SMARTS) is 2. The number of amides is 1. The number of rotatable bonds is 13. The molecular weight excluding hydrogens is 554 g/mol. The lowest BCUT2D eigenvalue weighted by Gasteiger charge is -2.27. The highest BCUT2D eigenvalue weighted by Crippen LogP contribution is 2.42. The van der Waals surface area contributed by atoms with Crippen LogP contribution in [-0.4, -0.2) is 78.5 Å². The zero-order valence-corrected chi connectivity index (χ0v) is 23.4. The van der Waals surface area contributed by atoms with Gasteiger partial charge in [-0.15, -0.1) is 0 Å². The Morgan fingerprint density at radius 2 is 1.63 bits per heavy atom.